The number of pyridine rings is 1. The third-order valence-electron chi connectivity index (χ3n) is 4.12. The van der Waals surface area contributed by atoms with Gasteiger partial charge in [-0.3, -0.25) is 4.90 Å². The molecule has 3 rings (SSSR count). The summed E-state index contributed by atoms with van der Waals surface area (Å²) in [5, 5.41) is 8.80. The van der Waals surface area contributed by atoms with E-state index >= 15 is 0 Å². The number of carboxylic acid groups (broad SMARTS) is 1. The molecule has 3 heterocycles. The molecular weight excluding hydrogens is 244 g/mol. The lowest BCUT2D eigenvalue weighted by molar-refractivity contribution is -0.0839. The lowest BCUT2D eigenvalue weighted by Gasteiger charge is -2.52. The molecule has 5 heteroatoms. The third kappa shape index (κ3) is 2.62. The van der Waals surface area contributed by atoms with Gasteiger partial charge in [-0.1, -0.05) is 6.07 Å². The molecule has 0 aromatic carbocycles. The molecular formula is C14H18N2O3. The highest BCUT2D eigenvalue weighted by Crippen LogP contribution is 2.40. The van der Waals surface area contributed by atoms with Gasteiger partial charge in [0.05, 0.1) is 0 Å². The first-order valence-electron chi connectivity index (χ1n) is 6.65. The van der Waals surface area contributed by atoms with E-state index in [9.17, 15) is 4.79 Å². The summed E-state index contributed by atoms with van der Waals surface area (Å²) in [6.45, 7) is 4.88. The summed E-state index contributed by atoms with van der Waals surface area (Å²) in [7, 11) is 0. The first-order chi connectivity index (χ1) is 9.17. The zero-order chi connectivity index (χ0) is 13.3. The maximum atomic E-state index is 10.7. The van der Waals surface area contributed by atoms with Crippen LogP contribution in [0.3, 0.4) is 0 Å². The number of hydrogen-bond donors (Lipinski definition) is 1. The summed E-state index contributed by atoms with van der Waals surface area (Å²) in [6, 6.07) is 3.42. The number of rotatable bonds is 3. The highest BCUT2D eigenvalue weighted by atomic mass is 16.5. The summed E-state index contributed by atoms with van der Waals surface area (Å²) in [6.07, 6.45) is 4.00. The van der Waals surface area contributed by atoms with Gasteiger partial charge in [0.2, 0.25) is 0 Å². The Balaban J connectivity index is 1.54. The van der Waals surface area contributed by atoms with Crippen LogP contribution >= 0.6 is 0 Å². The number of carbonyl (C=O) groups is 1. The molecule has 0 amide bonds. The molecule has 1 N–H and O–H groups in total. The van der Waals surface area contributed by atoms with Gasteiger partial charge in [-0.15, -0.1) is 0 Å². The van der Waals surface area contributed by atoms with Crippen molar-refractivity contribution < 1.29 is 14.6 Å². The van der Waals surface area contributed by atoms with Crippen LogP contribution in [0.5, 0.6) is 0 Å². The molecule has 0 atom stereocenters. The second-order valence-corrected chi connectivity index (χ2v) is 5.61. The van der Waals surface area contributed by atoms with E-state index in [0.717, 1.165) is 38.4 Å². The molecule has 1 spiro atoms. The molecule has 0 unspecified atom stereocenters. The Hall–Kier alpha value is -1.46. The third-order valence-corrected chi connectivity index (χ3v) is 4.12. The van der Waals surface area contributed by atoms with E-state index < -0.39 is 5.97 Å². The van der Waals surface area contributed by atoms with Gasteiger partial charge in [0.1, 0.15) is 5.69 Å². The minimum Gasteiger partial charge on any atom is -0.477 e. The summed E-state index contributed by atoms with van der Waals surface area (Å²) in [4.78, 5) is 17.1. The number of ether oxygens (including phenoxy) is 1. The molecule has 2 saturated heterocycles. The van der Waals surface area contributed by atoms with E-state index in [2.05, 4.69) is 9.88 Å². The number of carboxylic acids is 1. The van der Waals surface area contributed by atoms with Gasteiger partial charge in [-0.2, -0.15) is 0 Å². The largest absolute Gasteiger partial charge is 0.477 e. The van der Waals surface area contributed by atoms with Crippen LogP contribution < -0.4 is 0 Å². The highest BCUT2D eigenvalue weighted by Gasteiger charge is 2.43. The van der Waals surface area contributed by atoms with Crippen LogP contribution in [0, 0.1) is 5.41 Å². The summed E-state index contributed by atoms with van der Waals surface area (Å²) < 4.78 is 5.41. The molecule has 2 aliphatic heterocycles. The van der Waals surface area contributed by atoms with E-state index in [0.29, 0.717) is 5.41 Å². The van der Waals surface area contributed by atoms with Crippen LogP contribution in [0.1, 0.15) is 28.9 Å². The van der Waals surface area contributed by atoms with Gasteiger partial charge in [0.25, 0.3) is 0 Å². The molecule has 2 aliphatic rings. The van der Waals surface area contributed by atoms with Gasteiger partial charge in [0.15, 0.2) is 0 Å². The number of aromatic carboxylic acids is 1. The van der Waals surface area contributed by atoms with Gasteiger partial charge >= 0.3 is 5.97 Å². The monoisotopic (exact) mass is 262 g/mol. The quantitative estimate of drug-likeness (QED) is 0.892. The van der Waals surface area contributed by atoms with Crippen molar-refractivity contribution in [3.63, 3.8) is 0 Å². The first-order valence-corrected chi connectivity index (χ1v) is 6.65. The molecule has 1 aromatic rings. The molecule has 2 fully saturated rings. The van der Waals surface area contributed by atoms with Crippen molar-refractivity contribution in [3.8, 4) is 0 Å². The maximum absolute atomic E-state index is 10.7. The second kappa shape index (κ2) is 4.90. The minimum atomic E-state index is -0.975. The van der Waals surface area contributed by atoms with Gasteiger partial charge in [0, 0.05) is 44.5 Å². The standard InChI is InChI=1S/C14H18N2O3/c17-13(18)12-2-1-11(7-15-12)8-16-9-14(10-16)3-5-19-6-4-14/h1-2,7H,3-6,8-10H2,(H,17,18). The lowest BCUT2D eigenvalue weighted by atomic mass is 9.73. The van der Waals surface area contributed by atoms with Crippen LogP contribution in [0.2, 0.25) is 0 Å². The van der Waals surface area contributed by atoms with Crippen molar-refractivity contribution in [2.24, 2.45) is 5.41 Å². The predicted molar refractivity (Wildman–Crippen MR) is 69.0 cm³/mol. The summed E-state index contributed by atoms with van der Waals surface area (Å²) in [5.41, 5.74) is 1.66. The van der Waals surface area contributed by atoms with Crippen LogP contribution in [0.4, 0.5) is 0 Å². The lowest BCUT2D eigenvalue weighted by Crippen LogP contribution is -2.57. The van der Waals surface area contributed by atoms with Crippen LogP contribution in [0.25, 0.3) is 0 Å². The van der Waals surface area contributed by atoms with Crippen molar-refractivity contribution >= 4 is 5.97 Å². The molecule has 0 bridgehead atoms. The molecule has 102 valence electrons. The fraction of sp³-hybridized carbons (Fsp3) is 0.571. The number of nitrogens with zero attached hydrogens (tertiary/aromatic N) is 2. The van der Waals surface area contributed by atoms with Crippen molar-refractivity contribution in [3.05, 3.63) is 29.6 Å². The SMILES string of the molecule is O=C(O)c1ccc(CN2CC3(CCOCC3)C2)cn1. The zero-order valence-corrected chi connectivity index (χ0v) is 10.8. The van der Waals surface area contributed by atoms with E-state index in [1.54, 1.807) is 12.3 Å². The van der Waals surface area contributed by atoms with Crippen molar-refractivity contribution in [1.29, 1.82) is 0 Å². The zero-order valence-electron chi connectivity index (χ0n) is 10.8. The second-order valence-electron chi connectivity index (χ2n) is 5.61. The molecule has 0 radical (unpaired) electrons. The maximum Gasteiger partial charge on any atom is 0.354 e. The highest BCUT2D eigenvalue weighted by molar-refractivity contribution is 5.85. The summed E-state index contributed by atoms with van der Waals surface area (Å²) in [5.74, 6) is -0.975. The Morgan fingerprint density at radius 2 is 2.11 bits per heavy atom. The van der Waals surface area contributed by atoms with Crippen LogP contribution in [-0.4, -0.2) is 47.3 Å². The van der Waals surface area contributed by atoms with E-state index in [-0.39, 0.29) is 5.69 Å². The molecule has 5 nitrogen and oxygen atoms in total. The Morgan fingerprint density at radius 1 is 1.37 bits per heavy atom. The van der Waals surface area contributed by atoms with Crippen LogP contribution in [-0.2, 0) is 11.3 Å². The number of likely N-dealkylation sites (tertiary alicyclic amines) is 1. The van der Waals surface area contributed by atoms with Crippen molar-refractivity contribution in [1.82, 2.24) is 9.88 Å². The Labute approximate surface area is 112 Å². The average Bonchev–Trinajstić information content (AvgIpc) is 2.39. The topological polar surface area (TPSA) is 62.7 Å². The Bertz CT molecular complexity index is 458. The van der Waals surface area contributed by atoms with E-state index in [4.69, 9.17) is 9.84 Å². The molecule has 19 heavy (non-hydrogen) atoms. The average molecular weight is 262 g/mol. The number of aromatic nitrogens is 1. The normalized spacial score (nSPS) is 22.1. The van der Waals surface area contributed by atoms with Gasteiger partial charge in [-0.05, 0) is 24.5 Å². The van der Waals surface area contributed by atoms with Gasteiger partial charge in [-0.25, -0.2) is 9.78 Å². The fourth-order valence-corrected chi connectivity index (χ4v) is 3.04. The Kier molecular flexibility index (Phi) is 3.24. The number of hydrogen-bond acceptors (Lipinski definition) is 4. The van der Waals surface area contributed by atoms with Crippen LogP contribution in [0.15, 0.2) is 18.3 Å². The van der Waals surface area contributed by atoms with Crippen molar-refractivity contribution in [2.45, 2.75) is 19.4 Å². The minimum absolute atomic E-state index is 0.105. The predicted octanol–water partition coefficient (Wildman–Crippen LogP) is 1.39. The van der Waals surface area contributed by atoms with Gasteiger partial charge < -0.3 is 9.84 Å². The molecule has 0 aliphatic carbocycles. The summed E-state index contributed by atoms with van der Waals surface area (Å²) >= 11 is 0. The Morgan fingerprint density at radius 3 is 2.68 bits per heavy atom. The fourth-order valence-electron chi connectivity index (χ4n) is 3.04. The molecule has 1 aromatic heterocycles. The molecule has 0 saturated carbocycles. The first kappa shape index (κ1) is 12.6. The van der Waals surface area contributed by atoms with Crippen molar-refractivity contribution in [2.75, 3.05) is 26.3 Å². The van der Waals surface area contributed by atoms with E-state index in [1.807, 2.05) is 6.07 Å². The van der Waals surface area contributed by atoms with E-state index in [1.165, 1.54) is 12.8 Å². The smallest absolute Gasteiger partial charge is 0.354 e.